The van der Waals surface area contributed by atoms with E-state index in [4.69, 9.17) is 0 Å². The fraction of sp³-hybridized carbons (Fsp3) is 0.391. The lowest BCUT2D eigenvalue weighted by Crippen LogP contribution is -2.39. The molecule has 9 heteroatoms. The number of nitrogens with one attached hydrogen (secondary N) is 1. The normalized spacial score (nSPS) is 12.1. The van der Waals surface area contributed by atoms with Gasteiger partial charge in [-0.1, -0.05) is 29.5 Å². The quantitative estimate of drug-likeness (QED) is 0.415. The maximum atomic E-state index is 13.0. The first-order valence-electron chi connectivity index (χ1n) is 10.4. The summed E-state index contributed by atoms with van der Waals surface area (Å²) in [5, 5.41) is 3.47. The van der Waals surface area contributed by atoms with E-state index < -0.39 is 5.25 Å². The number of likely N-dealkylation sites (N-methyl/N-ethyl adjacent to an activating group) is 1. The lowest BCUT2D eigenvalue weighted by Gasteiger charge is -2.21. The second-order valence-electron chi connectivity index (χ2n) is 7.78. The third-order valence-corrected chi connectivity index (χ3v) is 7.47. The van der Waals surface area contributed by atoms with Gasteiger partial charge in [0.2, 0.25) is 11.8 Å². The first-order valence-corrected chi connectivity index (χ1v) is 12.1. The van der Waals surface area contributed by atoms with E-state index in [1.165, 1.54) is 28.0 Å². The van der Waals surface area contributed by atoms with Crippen LogP contribution in [0.1, 0.15) is 29.9 Å². The molecule has 0 aliphatic rings. The fourth-order valence-electron chi connectivity index (χ4n) is 3.33. The molecule has 0 bridgehead atoms. The van der Waals surface area contributed by atoms with Crippen molar-refractivity contribution in [3.05, 3.63) is 50.6 Å². The number of aromatic nitrogens is 2. The predicted molar refractivity (Wildman–Crippen MR) is 132 cm³/mol. The van der Waals surface area contributed by atoms with Gasteiger partial charge in [0.05, 0.1) is 17.2 Å². The molecule has 32 heavy (non-hydrogen) atoms. The van der Waals surface area contributed by atoms with Crippen molar-refractivity contribution in [2.45, 2.75) is 51.6 Å². The number of aryl methyl sites for hydroxylation is 3. The minimum atomic E-state index is -0.503. The molecule has 1 atom stereocenters. The highest BCUT2D eigenvalue weighted by Gasteiger charge is 2.24. The zero-order valence-electron chi connectivity index (χ0n) is 19.2. The van der Waals surface area contributed by atoms with Gasteiger partial charge in [-0.3, -0.25) is 19.0 Å². The van der Waals surface area contributed by atoms with Gasteiger partial charge in [0, 0.05) is 24.2 Å². The minimum absolute atomic E-state index is 0.0615. The van der Waals surface area contributed by atoms with Gasteiger partial charge in [-0.2, -0.15) is 0 Å². The number of hydrogen-bond acceptors (Lipinski definition) is 6. The molecule has 0 aliphatic carbocycles. The maximum absolute atomic E-state index is 13.0. The van der Waals surface area contributed by atoms with Crippen molar-refractivity contribution in [3.63, 3.8) is 0 Å². The lowest BCUT2D eigenvalue weighted by molar-refractivity contribution is -0.132. The topological polar surface area (TPSA) is 84.3 Å². The molecular weight excluding hydrogens is 444 g/mol. The van der Waals surface area contributed by atoms with E-state index in [2.05, 4.69) is 10.3 Å². The molecule has 0 fully saturated rings. The minimum Gasteiger partial charge on any atom is -0.335 e. The van der Waals surface area contributed by atoms with E-state index in [1.807, 2.05) is 52.0 Å². The SMILES string of the molecule is CCn1c(S[C@@H](C)C(=O)N(C)CC(=O)Nc2ccc(C)cc2)nc2sc(C)c(C)c2c1=O. The zero-order valence-corrected chi connectivity index (χ0v) is 20.8. The van der Waals surface area contributed by atoms with Gasteiger partial charge < -0.3 is 10.2 Å². The van der Waals surface area contributed by atoms with E-state index in [1.54, 1.807) is 18.5 Å². The lowest BCUT2D eigenvalue weighted by atomic mass is 10.2. The van der Waals surface area contributed by atoms with Crippen LogP contribution in [0.5, 0.6) is 0 Å². The molecule has 0 saturated carbocycles. The number of fused-ring (bicyclic) bond motifs is 1. The summed E-state index contributed by atoms with van der Waals surface area (Å²) >= 11 is 2.74. The van der Waals surface area contributed by atoms with E-state index in [0.29, 0.717) is 27.6 Å². The molecule has 2 amide bonds. The van der Waals surface area contributed by atoms with Crippen LogP contribution in [0.2, 0.25) is 0 Å². The second kappa shape index (κ2) is 9.87. The number of hydrogen-bond donors (Lipinski definition) is 1. The zero-order chi connectivity index (χ0) is 23.6. The molecular formula is C23H28N4O3S2. The molecule has 2 aromatic heterocycles. The summed E-state index contributed by atoms with van der Waals surface area (Å²) in [6, 6.07) is 7.48. The first kappa shape index (κ1) is 24.0. The largest absolute Gasteiger partial charge is 0.335 e. The summed E-state index contributed by atoms with van der Waals surface area (Å²) in [6.07, 6.45) is 0. The molecule has 0 spiro atoms. The molecule has 7 nitrogen and oxygen atoms in total. The number of amides is 2. The number of carbonyl (C=O) groups excluding carboxylic acids is 2. The van der Waals surface area contributed by atoms with E-state index in [0.717, 1.165) is 16.0 Å². The van der Waals surface area contributed by atoms with Gasteiger partial charge in [0.25, 0.3) is 5.56 Å². The summed E-state index contributed by atoms with van der Waals surface area (Å²) in [6.45, 7) is 9.95. The summed E-state index contributed by atoms with van der Waals surface area (Å²) in [7, 11) is 1.60. The Morgan fingerprint density at radius 2 is 1.88 bits per heavy atom. The average Bonchev–Trinajstić information content (AvgIpc) is 3.02. The molecule has 0 aliphatic heterocycles. The van der Waals surface area contributed by atoms with Gasteiger partial charge in [0.15, 0.2) is 5.16 Å². The number of anilines is 1. The monoisotopic (exact) mass is 472 g/mol. The van der Waals surface area contributed by atoms with E-state index >= 15 is 0 Å². The van der Waals surface area contributed by atoms with Crippen LogP contribution < -0.4 is 10.9 Å². The molecule has 1 aromatic carbocycles. The van der Waals surface area contributed by atoms with Crippen molar-refractivity contribution in [3.8, 4) is 0 Å². The van der Waals surface area contributed by atoms with Crippen LogP contribution in [0.3, 0.4) is 0 Å². The summed E-state index contributed by atoms with van der Waals surface area (Å²) < 4.78 is 1.61. The van der Waals surface area contributed by atoms with Crippen molar-refractivity contribution in [1.29, 1.82) is 0 Å². The molecule has 3 rings (SSSR count). The molecule has 3 aromatic rings. The van der Waals surface area contributed by atoms with Crippen molar-refractivity contribution < 1.29 is 9.59 Å². The summed E-state index contributed by atoms with van der Waals surface area (Å²) in [5.41, 5.74) is 2.68. The molecule has 0 saturated heterocycles. The van der Waals surface area contributed by atoms with Crippen LogP contribution in [0.4, 0.5) is 5.69 Å². The van der Waals surface area contributed by atoms with Crippen molar-refractivity contribution in [1.82, 2.24) is 14.5 Å². The smallest absolute Gasteiger partial charge is 0.263 e. The molecule has 0 radical (unpaired) electrons. The van der Waals surface area contributed by atoms with Crippen molar-refractivity contribution in [2.75, 3.05) is 18.9 Å². The highest BCUT2D eigenvalue weighted by atomic mass is 32.2. The predicted octanol–water partition coefficient (Wildman–Crippen LogP) is 3.98. The Hall–Kier alpha value is -2.65. The molecule has 0 unspecified atom stereocenters. The van der Waals surface area contributed by atoms with Gasteiger partial charge in [-0.15, -0.1) is 11.3 Å². The molecule has 1 N–H and O–H groups in total. The number of rotatable bonds is 7. The Bertz CT molecular complexity index is 1210. The van der Waals surface area contributed by atoms with Gasteiger partial charge in [-0.05, 0) is 52.3 Å². The van der Waals surface area contributed by atoms with Crippen LogP contribution in [-0.2, 0) is 16.1 Å². The first-order chi connectivity index (χ1) is 15.1. The van der Waals surface area contributed by atoms with Crippen LogP contribution in [0.15, 0.2) is 34.2 Å². The van der Waals surface area contributed by atoms with Crippen LogP contribution in [0.25, 0.3) is 10.2 Å². The Morgan fingerprint density at radius 1 is 1.22 bits per heavy atom. The number of carbonyl (C=O) groups is 2. The van der Waals surface area contributed by atoms with Gasteiger partial charge in [-0.25, -0.2) is 4.98 Å². The highest BCUT2D eigenvalue weighted by Crippen LogP contribution is 2.30. The highest BCUT2D eigenvalue weighted by molar-refractivity contribution is 8.00. The third kappa shape index (κ3) is 5.05. The number of nitrogens with zero attached hydrogens (tertiary/aromatic N) is 3. The Kier molecular flexibility index (Phi) is 7.40. The third-order valence-electron chi connectivity index (χ3n) is 5.29. The Balaban J connectivity index is 1.72. The Morgan fingerprint density at radius 3 is 2.50 bits per heavy atom. The van der Waals surface area contributed by atoms with Crippen LogP contribution in [-0.4, -0.2) is 45.1 Å². The van der Waals surface area contributed by atoms with E-state index in [-0.39, 0.29) is 23.9 Å². The Labute approximate surface area is 195 Å². The van der Waals surface area contributed by atoms with E-state index in [9.17, 15) is 14.4 Å². The number of benzene rings is 1. The van der Waals surface area contributed by atoms with Crippen molar-refractivity contribution >= 4 is 50.8 Å². The van der Waals surface area contributed by atoms with Gasteiger partial charge >= 0.3 is 0 Å². The fourth-order valence-corrected chi connectivity index (χ4v) is 5.48. The number of thiophene rings is 1. The average molecular weight is 473 g/mol. The summed E-state index contributed by atoms with van der Waals surface area (Å²) in [4.78, 5) is 46.1. The second-order valence-corrected chi connectivity index (χ2v) is 10.3. The maximum Gasteiger partial charge on any atom is 0.263 e. The van der Waals surface area contributed by atoms with Crippen LogP contribution in [0, 0.1) is 20.8 Å². The van der Waals surface area contributed by atoms with Crippen molar-refractivity contribution in [2.24, 2.45) is 0 Å². The van der Waals surface area contributed by atoms with Crippen LogP contribution >= 0.6 is 23.1 Å². The summed E-state index contributed by atoms with van der Waals surface area (Å²) in [5.74, 6) is -0.471. The molecule has 2 heterocycles. The van der Waals surface area contributed by atoms with Gasteiger partial charge in [0.1, 0.15) is 4.83 Å². The molecule has 170 valence electrons. The number of thioether (sulfide) groups is 1. The standard InChI is InChI=1S/C23H28N4O3S2/c1-7-27-22(30)19-14(3)15(4)31-20(19)25-23(27)32-16(5)21(29)26(6)12-18(28)24-17-10-8-13(2)9-11-17/h8-11,16H,7,12H2,1-6H3,(H,24,28)/t16-/m0/s1.